The number of methoxy groups -OCH3 is 4. The van der Waals surface area contributed by atoms with Crippen LogP contribution in [0.25, 0.3) is 0 Å². The van der Waals surface area contributed by atoms with Crippen LogP contribution in [-0.4, -0.2) is 167 Å². The highest BCUT2D eigenvalue weighted by Gasteiger charge is 2.38. The Morgan fingerprint density at radius 2 is 1.12 bits per heavy atom. The predicted octanol–water partition coefficient (Wildman–Crippen LogP) is 4.54. The molecule has 5 fully saturated rings. The number of esters is 1. The van der Waals surface area contributed by atoms with Crippen molar-refractivity contribution in [1.29, 1.82) is 0 Å². The van der Waals surface area contributed by atoms with Crippen LogP contribution in [0, 0.1) is 0 Å². The molecule has 408 valence electrons. The van der Waals surface area contributed by atoms with Crippen molar-refractivity contribution in [3.63, 3.8) is 0 Å². The number of aliphatic hydroxyl groups excluding tert-OH is 1. The Balaban J connectivity index is 0.000000321. The third-order valence-electron chi connectivity index (χ3n) is 13.9. The van der Waals surface area contributed by atoms with Crippen molar-refractivity contribution >= 4 is 48.5 Å². The second-order valence-electron chi connectivity index (χ2n) is 19.2. The summed E-state index contributed by atoms with van der Waals surface area (Å²) in [4.78, 5) is 50.7. The molecule has 3 saturated heterocycles. The second kappa shape index (κ2) is 31.6. The van der Waals surface area contributed by atoms with Crippen molar-refractivity contribution in [2.75, 3.05) is 67.8 Å². The van der Waals surface area contributed by atoms with E-state index in [0.717, 1.165) is 93.1 Å². The van der Waals surface area contributed by atoms with E-state index in [9.17, 15) is 24.3 Å². The maximum Gasteiger partial charge on any atom is 0.328 e. The minimum Gasteiger partial charge on any atom is -0.493 e. The summed E-state index contributed by atoms with van der Waals surface area (Å²) in [6.07, 6.45) is 12.8. The highest BCUT2D eigenvalue weighted by Crippen LogP contribution is 2.32. The fourth-order valence-corrected chi connectivity index (χ4v) is 9.81. The summed E-state index contributed by atoms with van der Waals surface area (Å²) in [5.74, 6) is 1.95. The van der Waals surface area contributed by atoms with Gasteiger partial charge in [-0.2, -0.15) is 0 Å². The first-order valence-electron chi connectivity index (χ1n) is 25.3. The van der Waals surface area contributed by atoms with Gasteiger partial charge in [-0.15, -0.1) is 24.8 Å². The zero-order valence-electron chi connectivity index (χ0n) is 43.7. The van der Waals surface area contributed by atoms with Gasteiger partial charge in [-0.3, -0.25) is 24.2 Å². The van der Waals surface area contributed by atoms with E-state index in [0.29, 0.717) is 37.9 Å². The Morgan fingerprint density at radius 1 is 0.681 bits per heavy atom. The van der Waals surface area contributed by atoms with E-state index in [-0.39, 0.29) is 72.9 Å². The molecule has 4 unspecified atom stereocenters. The highest BCUT2D eigenvalue weighted by atomic mass is 35.5. The lowest BCUT2D eigenvalue weighted by Crippen LogP contribution is -2.59. The number of carbonyl (C=O) groups is 4. The Morgan fingerprint density at radius 3 is 1.56 bits per heavy atom. The predicted molar refractivity (Wildman–Crippen MR) is 280 cm³/mol. The molecule has 2 aliphatic carbocycles. The molecule has 2 aromatic carbocycles. The molecule has 0 aromatic heterocycles. The molecule has 0 spiro atoms. The van der Waals surface area contributed by atoms with Crippen LogP contribution in [0.2, 0.25) is 0 Å². The van der Waals surface area contributed by atoms with Crippen molar-refractivity contribution in [2.24, 2.45) is 5.73 Å². The maximum atomic E-state index is 12.4. The smallest absolute Gasteiger partial charge is 0.328 e. The fraction of sp³-hybridized carbons (Fsp3) is 0.692. The number of nitrogens with zero attached hydrogens (tertiary/aromatic N) is 2. The van der Waals surface area contributed by atoms with Gasteiger partial charge in [-0.25, -0.2) is 4.79 Å². The molecular weight excluding hydrogens is 972 g/mol. The summed E-state index contributed by atoms with van der Waals surface area (Å²) >= 11 is 0. The monoisotopic (exact) mass is 1050 g/mol. The van der Waals surface area contributed by atoms with Crippen LogP contribution in [0.1, 0.15) is 103 Å². The van der Waals surface area contributed by atoms with E-state index in [4.69, 9.17) is 38.9 Å². The molecule has 72 heavy (non-hydrogen) atoms. The number of likely N-dealkylation sites (tertiary alicyclic amines) is 2. The summed E-state index contributed by atoms with van der Waals surface area (Å²) in [5, 5.41) is 17.5. The number of halogens is 2. The van der Waals surface area contributed by atoms with Gasteiger partial charge in [0.25, 0.3) is 0 Å². The van der Waals surface area contributed by atoms with Gasteiger partial charge in [0.2, 0.25) is 17.7 Å². The summed E-state index contributed by atoms with van der Waals surface area (Å²) in [6, 6.07) is 10.6. The molecule has 3 aliphatic heterocycles. The standard InChI is InChI=1S/C26H41N3O6.C20H31NO4.C6H10N2O2.2ClH/c1-17(27)25(30)28-18(2)26(31)35-20-11-13-29(16-20)21-7-5-6-8-22(21)34-14-12-19-9-10-23(32-3)24(15-19)33-4;1-23-19-8-7-15(13-20(19)24-2)10-12-25-18-6-4-3-5-17(18)21-11-9-16(22)14-21;1-3-5(9)8-4(2)6(10)7-3;;/h9-10,15,17-18,20-22H,5-8,11-14,16,27H2,1-4H3,(H,28,30);7-8,13,16-18,22H,3-6,9-12,14H2,1-2H3;3-4H,1-2H3,(H,7,10)(H,8,9);2*1H/t17?,18?,20-,21-,22-;16-,17-,18-;;;/m11.../s1. The normalized spacial score (nSPS) is 26.0. The number of aliphatic hydroxyl groups is 1. The van der Waals surface area contributed by atoms with Crippen LogP contribution >= 0.6 is 24.8 Å². The van der Waals surface area contributed by atoms with Crippen LogP contribution < -0.4 is 40.6 Å². The molecule has 18 nitrogen and oxygen atoms in total. The number of amides is 3. The summed E-state index contributed by atoms with van der Waals surface area (Å²) < 4.78 is 39.7. The van der Waals surface area contributed by atoms with Crippen LogP contribution in [0.15, 0.2) is 36.4 Å². The zero-order valence-corrected chi connectivity index (χ0v) is 45.3. The first kappa shape index (κ1) is 62.2. The van der Waals surface area contributed by atoms with Gasteiger partial charge >= 0.3 is 5.97 Å². The fourth-order valence-electron chi connectivity index (χ4n) is 9.81. The number of rotatable bonds is 18. The number of ether oxygens (including phenoxy) is 7. The summed E-state index contributed by atoms with van der Waals surface area (Å²) in [6.45, 7) is 11.2. The second-order valence-corrected chi connectivity index (χ2v) is 19.2. The van der Waals surface area contributed by atoms with E-state index < -0.39 is 18.1 Å². The number of benzene rings is 2. The van der Waals surface area contributed by atoms with Gasteiger partial charge in [0.1, 0.15) is 24.2 Å². The van der Waals surface area contributed by atoms with Gasteiger partial charge < -0.3 is 59.9 Å². The van der Waals surface area contributed by atoms with Gasteiger partial charge in [-0.05, 0) is 114 Å². The van der Waals surface area contributed by atoms with Crippen molar-refractivity contribution < 1.29 is 57.4 Å². The molecule has 5 aliphatic rings. The van der Waals surface area contributed by atoms with Crippen molar-refractivity contribution in [3.8, 4) is 23.0 Å². The minimum atomic E-state index is -0.718. The Hall–Kier alpha value is -4.14. The van der Waals surface area contributed by atoms with Gasteiger partial charge in [0.15, 0.2) is 23.0 Å². The molecule has 2 saturated carbocycles. The third-order valence-corrected chi connectivity index (χ3v) is 13.9. The number of hydrogen-bond acceptors (Lipinski definition) is 15. The van der Waals surface area contributed by atoms with Crippen LogP contribution in [0.4, 0.5) is 0 Å². The van der Waals surface area contributed by atoms with E-state index in [1.807, 2.05) is 30.3 Å². The van der Waals surface area contributed by atoms with E-state index in [1.54, 1.807) is 56.1 Å². The molecule has 0 radical (unpaired) electrons. The topological polar surface area (TPSA) is 222 Å². The van der Waals surface area contributed by atoms with Crippen molar-refractivity contribution in [1.82, 2.24) is 25.8 Å². The quantitative estimate of drug-likeness (QED) is 0.130. The van der Waals surface area contributed by atoms with E-state index in [2.05, 4.69) is 31.8 Å². The molecule has 3 heterocycles. The molecule has 6 N–H and O–H groups in total. The van der Waals surface area contributed by atoms with E-state index >= 15 is 0 Å². The number of carbonyl (C=O) groups excluding carboxylic acids is 4. The molecule has 10 atom stereocenters. The molecule has 7 rings (SSSR count). The molecule has 3 amide bonds. The first-order valence-corrected chi connectivity index (χ1v) is 25.3. The Bertz CT molecular complexity index is 1970. The first-order chi connectivity index (χ1) is 33.6. The van der Waals surface area contributed by atoms with Crippen LogP contribution in [0.5, 0.6) is 23.0 Å². The zero-order chi connectivity index (χ0) is 50.7. The average Bonchev–Trinajstić information content (AvgIpc) is 4.02. The van der Waals surface area contributed by atoms with Crippen molar-refractivity contribution in [2.45, 2.75) is 165 Å². The van der Waals surface area contributed by atoms with Gasteiger partial charge in [0, 0.05) is 38.3 Å². The molecule has 20 heteroatoms. The largest absolute Gasteiger partial charge is 0.493 e. The number of nitrogens with two attached hydrogens (primary N) is 1. The van der Waals surface area contributed by atoms with Crippen LogP contribution in [0.3, 0.4) is 0 Å². The molecule has 2 aromatic rings. The van der Waals surface area contributed by atoms with E-state index in [1.165, 1.54) is 37.7 Å². The number of piperazine rings is 1. The lowest BCUT2D eigenvalue weighted by atomic mass is 9.91. The lowest BCUT2D eigenvalue weighted by Gasteiger charge is -2.37. The summed E-state index contributed by atoms with van der Waals surface area (Å²) in [7, 11) is 6.59. The number of β-amino-alcohol motifs (C(OH)–C–C–N with tert-alkyl or cyclic N) is 1. The minimum absolute atomic E-state index is 0. The Labute approximate surface area is 439 Å². The Kier molecular flexibility index (Phi) is 27.2. The number of hydrogen-bond donors (Lipinski definition) is 5. The number of nitrogens with one attached hydrogen (secondary N) is 3. The van der Waals surface area contributed by atoms with Crippen molar-refractivity contribution in [3.05, 3.63) is 47.5 Å². The van der Waals surface area contributed by atoms with Gasteiger partial charge in [-0.1, -0.05) is 37.8 Å². The molecule has 0 bridgehead atoms. The highest BCUT2D eigenvalue weighted by molar-refractivity contribution is 5.96. The SMILES string of the molecule is CC1NC(=O)C(C)NC1=O.COc1ccc(CCO[C@@H]2CCCC[C@H]2N2CC[C@@H](O)C2)cc1OC.COc1ccc(CCO[C@@H]2CCCC[C@H]2N2CC[C@@H](OC(=O)C(C)NC(=O)C(C)N)C2)cc1OC.Cl.Cl. The third kappa shape index (κ3) is 18.7. The summed E-state index contributed by atoms with van der Waals surface area (Å²) in [5.41, 5.74) is 7.90. The maximum absolute atomic E-state index is 12.4. The molecular formula is C52H84Cl2N6O12. The van der Waals surface area contributed by atoms with Gasteiger partial charge in [0.05, 0.1) is 66.0 Å². The average molecular weight is 1060 g/mol. The van der Waals surface area contributed by atoms with Crippen LogP contribution in [-0.2, 0) is 46.2 Å². The lowest BCUT2D eigenvalue weighted by molar-refractivity contribution is -0.152.